The third-order valence-electron chi connectivity index (χ3n) is 5.42. The van der Waals surface area contributed by atoms with Gasteiger partial charge in [0.15, 0.2) is 6.16 Å². The number of amides is 1. The van der Waals surface area contributed by atoms with Crippen LogP contribution in [-0.2, 0) is 27.1 Å². The van der Waals surface area contributed by atoms with Crippen molar-refractivity contribution in [3.8, 4) is 11.3 Å². The van der Waals surface area contributed by atoms with Gasteiger partial charge in [-0.25, -0.2) is 4.39 Å². The number of rotatable bonds is 6. The molecule has 9 heteroatoms. The molecular weight excluding hydrogens is 456 g/mol. The van der Waals surface area contributed by atoms with E-state index in [1.807, 2.05) is 26.0 Å². The number of nitrogens with zero attached hydrogens (tertiary/aromatic N) is 2. The molecule has 178 valence electrons. The summed E-state index contributed by atoms with van der Waals surface area (Å²) in [6.45, 7) is 4.97. The number of nitrogens with one attached hydrogen (secondary N) is 1. The summed E-state index contributed by atoms with van der Waals surface area (Å²) in [5.41, 5.74) is 3.71. The van der Waals surface area contributed by atoms with Gasteiger partial charge in [0.05, 0.1) is 11.9 Å². The first-order valence-electron chi connectivity index (χ1n) is 10.9. The molecule has 0 spiro atoms. The Balaban J connectivity index is 1.37. The lowest BCUT2D eigenvalue weighted by molar-refractivity contribution is -0.111. The lowest BCUT2D eigenvalue weighted by Gasteiger charge is -2.31. The number of hydrogen-bond acceptors (Lipinski definition) is 5. The van der Waals surface area contributed by atoms with Gasteiger partial charge in [-0.3, -0.25) is 9.48 Å². The monoisotopic (exact) mass is 484 g/mol. The van der Waals surface area contributed by atoms with E-state index in [0.29, 0.717) is 25.1 Å². The SMILES string of the molecule is Cn1ncc(C=CC(=O)Nc2ccc(C[P+]3(O)OCC(C)(C)CO3)cc2)c1-c1ccc(F)cc1. The molecule has 3 aromatic rings. The van der Waals surface area contributed by atoms with E-state index >= 15 is 0 Å². The van der Waals surface area contributed by atoms with Crippen LogP contribution < -0.4 is 5.32 Å². The van der Waals surface area contributed by atoms with Gasteiger partial charge in [0.1, 0.15) is 19.0 Å². The van der Waals surface area contributed by atoms with Crippen molar-refractivity contribution in [2.45, 2.75) is 20.0 Å². The van der Waals surface area contributed by atoms with Crippen molar-refractivity contribution in [3.63, 3.8) is 0 Å². The predicted molar refractivity (Wildman–Crippen MR) is 131 cm³/mol. The van der Waals surface area contributed by atoms with Gasteiger partial charge < -0.3 is 5.32 Å². The minimum atomic E-state index is -2.91. The van der Waals surface area contributed by atoms with Crippen LogP contribution in [0.15, 0.2) is 60.8 Å². The zero-order valence-electron chi connectivity index (χ0n) is 19.4. The average Bonchev–Trinajstić information content (AvgIpc) is 3.17. The molecule has 1 fully saturated rings. The molecule has 0 saturated carbocycles. The minimum Gasteiger partial charge on any atom is -0.323 e. The first kappa shape index (κ1) is 24.2. The van der Waals surface area contributed by atoms with Crippen LogP contribution in [0.1, 0.15) is 25.0 Å². The van der Waals surface area contributed by atoms with Crippen LogP contribution in [0, 0.1) is 11.2 Å². The molecule has 1 aromatic heterocycles. The van der Waals surface area contributed by atoms with Crippen molar-refractivity contribution in [1.29, 1.82) is 0 Å². The molecule has 0 unspecified atom stereocenters. The van der Waals surface area contributed by atoms with E-state index in [2.05, 4.69) is 10.4 Å². The van der Waals surface area contributed by atoms with E-state index in [-0.39, 0.29) is 17.1 Å². The first-order valence-corrected chi connectivity index (χ1v) is 12.6. The number of anilines is 1. The number of aromatic nitrogens is 2. The molecule has 0 bridgehead atoms. The van der Waals surface area contributed by atoms with Crippen molar-refractivity contribution in [2.24, 2.45) is 12.5 Å². The van der Waals surface area contributed by atoms with Crippen molar-refractivity contribution >= 4 is 25.6 Å². The van der Waals surface area contributed by atoms with E-state index in [4.69, 9.17) is 9.05 Å². The Kier molecular flexibility index (Phi) is 6.96. The molecule has 0 atom stereocenters. The maximum Gasteiger partial charge on any atom is 0.413 e. The maximum atomic E-state index is 13.3. The molecule has 1 aliphatic rings. The van der Waals surface area contributed by atoms with E-state index in [1.54, 1.807) is 48.3 Å². The van der Waals surface area contributed by atoms with E-state index in [0.717, 1.165) is 22.4 Å². The topological polar surface area (TPSA) is 85.6 Å². The molecule has 2 heterocycles. The molecule has 0 aliphatic carbocycles. The molecule has 2 N–H and O–H groups in total. The van der Waals surface area contributed by atoms with E-state index in [1.165, 1.54) is 18.2 Å². The van der Waals surface area contributed by atoms with Gasteiger partial charge >= 0.3 is 7.94 Å². The summed E-state index contributed by atoms with van der Waals surface area (Å²) in [5, 5.41) is 7.07. The lowest BCUT2D eigenvalue weighted by Crippen LogP contribution is -2.31. The summed E-state index contributed by atoms with van der Waals surface area (Å²) in [5.74, 6) is -0.610. The Labute approximate surface area is 198 Å². The van der Waals surface area contributed by atoms with Gasteiger partial charge in [-0.2, -0.15) is 19.0 Å². The third-order valence-corrected chi connectivity index (χ3v) is 7.25. The first-order chi connectivity index (χ1) is 16.1. The molecule has 1 aliphatic heterocycles. The number of carbonyl (C=O) groups excluding carboxylic acids is 1. The van der Waals surface area contributed by atoms with Crippen LogP contribution in [0.2, 0.25) is 0 Å². The molecule has 1 saturated heterocycles. The van der Waals surface area contributed by atoms with Crippen LogP contribution in [0.5, 0.6) is 0 Å². The summed E-state index contributed by atoms with van der Waals surface area (Å²) in [4.78, 5) is 23.1. The fraction of sp³-hybridized carbons (Fsp3) is 0.280. The second kappa shape index (κ2) is 9.76. The Morgan fingerprint density at radius 1 is 1.18 bits per heavy atom. The fourth-order valence-electron chi connectivity index (χ4n) is 3.53. The highest BCUT2D eigenvalue weighted by molar-refractivity contribution is 7.59. The zero-order valence-corrected chi connectivity index (χ0v) is 20.3. The molecule has 1 amide bonds. The van der Waals surface area contributed by atoms with Gasteiger partial charge in [0.25, 0.3) is 0 Å². The van der Waals surface area contributed by atoms with E-state index in [9.17, 15) is 14.1 Å². The normalized spacial score (nSPS) is 17.1. The van der Waals surface area contributed by atoms with Gasteiger partial charge in [-0.1, -0.05) is 26.0 Å². The summed E-state index contributed by atoms with van der Waals surface area (Å²) >= 11 is 0. The van der Waals surface area contributed by atoms with Gasteiger partial charge in [-0.15, -0.1) is 0 Å². The van der Waals surface area contributed by atoms with Crippen LogP contribution in [0.25, 0.3) is 17.3 Å². The Morgan fingerprint density at radius 3 is 2.47 bits per heavy atom. The van der Waals surface area contributed by atoms with Crippen LogP contribution in [0.3, 0.4) is 0 Å². The highest BCUT2D eigenvalue weighted by Crippen LogP contribution is 2.63. The molecule has 34 heavy (non-hydrogen) atoms. The predicted octanol–water partition coefficient (Wildman–Crippen LogP) is 5.21. The van der Waals surface area contributed by atoms with Crippen LogP contribution in [0.4, 0.5) is 10.1 Å². The van der Waals surface area contributed by atoms with Gasteiger partial charge in [0, 0.05) is 35.4 Å². The number of hydrogen-bond donors (Lipinski definition) is 2. The second-order valence-electron chi connectivity index (χ2n) is 9.11. The van der Waals surface area contributed by atoms with Crippen molar-refractivity contribution < 1.29 is 23.1 Å². The second-order valence-corrected chi connectivity index (χ2v) is 11.2. The summed E-state index contributed by atoms with van der Waals surface area (Å²) < 4.78 is 26.2. The van der Waals surface area contributed by atoms with Gasteiger partial charge in [0.2, 0.25) is 5.91 Å². The fourth-order valence-corrected chi connectivity index (χ4v) is 5.56. The van der Waals surface area contributed by atoms with E-state index < -0.39 is 7.94 Å². The molecule has 7 nitrogen and oxygen atoms in total. The third kappa shape index (κ3) is 5.96. The Bertz CT molecular complexity index is 1180. The standard InChI is InChI=1S/C25H27FN3O4P/c1-25(2)16-32-34(31,33-17-25)15-18-4-11-22(12-5-18)28-23(30)13-8-20-14-27-29(3)24(20)19-6-9-21(26)10-7-19/h4-14,31H,15-17H2,1-3H3/p+1. The molecule has 4 rings (SSSR count). The molecule has 0 radical (unpaired) electrons. The van der Waals surface area contributed by atoms with Crippen LogP contribution in [-0.4, -0.2) is 33.8 Å². The summed E-state index contributed by atoms with van der Waals surface area (Å²) in [7, 11) is -1.12. The quantitative estimate of drug-likeness (QED) is 0.371. The maximum absolute atomic E-state index is 13.3. The zero-order chi connectivity index (χ0) is 24.3. The minimum absolute atomic E-state index is 0.108. The number of benzene rings is 2. The summed E-state index contributed by atoms with van der Waals surface area (Å²) in [6, 6.07) is 13.3. The number of halogens is 1. The van der Waals surface area contributed by atoms with Crippen molar-refractivity contribution in [3.05, 3.63) is 77.7 Å². The Hall–Kier alpha value is -2.90. The Morgan fingerprint density at radius 2 is 1.82 bits per heavy atom. The largest absolute Gasteiger partial charge is 0.413 e. The lowest BCUT2D eigenvalue weighted by atomic mass is 9.97. The van der Waals surface area contributed by atoms with Crippen molar-refractivity contribution in [2.75, 3.05) is 18.5 Å². The highest BCUT2D eigenvalue weighted by atomic mass is 31.2. The van der Waals surface area contributed by atoms with Crippen molar-refractivity contribution in [1.82, 2.24) is 9.78 Å². The summed E-state index contributed by atoms with van der Waals surface area (Å²) in [6.07, 6.45) is 5.05. The number of carbonyl (C=O) groups is 1. The highest BCUT2D eigenvalue weighted by Gasteiger charge is 2.48. The average molecular weight is 484 g/mol. The smallest absolute Gasteiger partial charge is 0.323 e. The van der Waals surface area contributed by atoms with Crippen LogP contribution >= 0.6 is 7.94 Å². The van der Waals surface area contributed by atoms with Gasteiger partial charge in [-0.05, 0) is 48.0 Å². The molecular formula is C25H28FN3O4P+. The number of aryl methyl sites for hydroxylation is 1. The molecule has 2 aromatic carbocycles.